The van der Waals surface area contributed by atoms with Crippen LogP contribution in [0.15, 0.2) is 0 Å². The summed E-state index contributed by atoms with van der Waals surface area (Å²) >= 11 is 4.58. The number of rotatable bonds is 4. The van der Waals surface area contributed by atoms with E-state index in [4.69, 9.17) is 8.37 Å². The molecular weight excluding hydrogens is 184 g/mol. The summed E-state index contributed by atoms with van der Waals surface area (Å²) < 4.78 is 20.9. The van der Waals surface area contributed by atoms with Crippen molar-refractivity contribution in [1.29, 1.82) is 0 Å². The fourth-order valence-electron chi connectivity index (χ4n) is 0.494. The minimum atomic E-state index is -2.95. The second kappa shape index (κ2) is 4.35. The maximum atomic E-state index is 11.2. The smallest absolute Gasteiger partial charge is 0.267 e. The zero-order chi connectivity index (χ0) is 9.07. The van der Waals surface area contributed by atoms with Gasteiger partial charge in [-0.3, -0.25) is 8.37 Å². The van der Waals surface area contributed by atoms with Crippen LogP contribution >= 0.6 is 0 Å². The Morgan fingerprint density at radius 1 is 1.09 bits per heavy atom. The summed E-state index contributed by atoms with van der Waals surface area (Å²) in [7, 11) is -2.95. The maximum Gasteiger partial charge on any atom is 0.269 e. The van der Waals surface area contributed by atoms with Crippen LogP contribution in [-0.2, 0) is 28.6 Å². The Hall–Kier alpha value is 0.290. The van der Waals surface area contributed by atoms with Gasteiger partial charge in [0.1, 0.15) is 0 Å². The molecule has 0 aliphatic rings. The molecule has 3 nitrogen and oxygen atoms in total. The molecule has 11 heavy (non-hydrogen) atoms. The highest BCUT2D eigenvalue weighted by Gasteiger charge is 2.11. The Labute approximate surface area is 73.2 Å². The van der Waals surface area contributed by atoms with Crippen LogP contribution in [0.2, 0.25) is 0 Å². The van der Waals surface area contributed by atoms with Crippen LogP contribution in [0, 0.1) is 0 Å². The molecule has 0 saturated heterocycles. The first-order valence-electron chi connectivity index (χ1n) is 3.45. The van der Waals surface area contributed by atoms with Crippen LogP contribution < -0.4 is 0 Å². The van der Waals surface area contributed by atoms with Crippen molar-refractivity contribution in [2.24, 2.45) is 0 Å². The normalized spacial score (nSPS) is 12.9. The largest absolute Gasteiger partial charge is 0.269 e. The van der Waals surface area contributed by atoms with Crippen molar-refractivity contribution >= 4 is 20.2 Å². The lowest BCUT2D eigenvalue weighted by Gasteiger charge is -2.12. The zero-order valence-corrected chi connectivity index (χ0v) is 8.83. The van der Waals surface area contributed by atoms with Crippen LogP contribution in [0.5, 0.6) is 0 Å². The molecule has 0 N–H and O–H groups in total. The molecule has 0 aromatic carbocycles. The van der Waals surface area contributed by atoms with Crippen molar-refractivity contribution < 1.29 is 12.6 Å². The molecule has 0 bridgehead atoms. The Kier molecular flexibility index (Phi) is 4.46. The first-order valence-corrected chi connectivity index (χ1v) is 5.78. The standard InChI is InChI=1S/C6H14O3S2/c1-5(2)8-11(7,10)9-6(3)4/h5-6H,1-4H3. The van der Waals surface area contributed by atoms with Crippen molar-refractivity contribution in [1.82, 2.24) is 0 Å². The molecule has 0 radical (unpaired) electrons. The Bertz CT molecular complexity index is 178. The molecule has 0 aromatic rings. The number of hydrogen-bond acceptors (Lipinski definition) is 4. The van der Waals surface area contributed by atoms with Crippen molar-refractivity contribution in [2.45, 2.75) is 39.9 Å². The van der Waals surface area contributed by atoms with E-state index in [1.54, 1.807) is 27.7 Å². The fraction of sp³-hybridized carbons (Fsp3) is 1.00. The average molecular weight is 198 g/mol. The van der Waals surface area contributed by atoms with Gasteiger partial charge >= 0.3 is 0 Å². The molecule has 0 unspecified atom stereocenters. The van der Waals surface area contributed by atoms with Crippen LogP contribution in [0.25, 0.3) is 0 Å². The molecule has 0 spiro atoms. The molecular formula is C6H14O3S2. The summed E-state index contributed by atoms with van der Waals surface area (Å²) in [6.45, 7) is 7.04. The predicted octanol–water partition coefficient (Wildman–Crippen LogP) is 1.41. The van der Waals surface area contributed by atoms with Crippen LogP contribution in [0.3, 0.4) is 0 Å². The van der Waals surface area contributed by atoms with Crippen molar-refractivity contribution in [3.63, 3.8) is 0 Å². The van der Waals surface area contributed by atoms with Gasteiger partial charge in [0, 0.05) is 11.2 Å². The predicted molar refractivity (Wildman–Crippen MR) is 47.9 cm³/mol. The third kappa shape index (κ3) is 6.68. The second-order valence-corrected chi connectivity index (χ2v) is 5.12. The molecule has 0 fully saturated rings. The first-order chi connectivity index (χ1) is 4.83. The molecule has 0 aliphatic heterocycles. The molecule has 0 heterocycles. The van der Waals surface area contributed by atoms with E-state index in [0.717, 1.165) is 0 Å². The van der Waals surface area contributed by atoms with E-state index in [9.17, 15) is 4.21 Å². The van der Waals surface area contributed by atoms with Gasteiger partial charge in [0.05, 0.1) is 12.2 Å². The van der Waals surface area contributed by atoms with Gasteiger partial charge in [-0.05, 0) is 27.7 Å². The first kappa shape index (κ1) is 11.3. The summed E-state index contributed by atoms with van der Waals surface area (Å²) in [5.41, 5.74) is 0. The van der Waals surface area contributed by atoms with Gasteiger partial charge in [0.15, 0.2) is 0 Å². The van der Waals surface area contributed by atoms with Gasteiger partial charge in [-0.15, -0.1) is 0 Å². The van der Waals surface area contributed by atoms with Gasteiger partial charge in [0.2, 0.25) is 0 Å². The molecule has 0 saturated carbocycles. The molecule has 0 aromatic heterocycles. The van der Waals surface area contributed by atoms with Gasteiger partial charge < -0.3 is 0 Å². The lowest BCUT2D eigenvalue weighted by Crippen LogP contribution is -2.17. The highest BCUT2D eigenvalue weighted by molar-refractivity contribution is 8.27. The topological polar surface area (TPSA) is 35.5 Å². The third-order valence-corrected chi connectivity index (χ3v) is 2.33. The Morgan fingerprint density at radius 3 is 1.55 bits per heavy atom. The van der Waals surface area contributed by atoms with Gasteiger partial charge in [-0.2, -0.15) is 4.21 Å². The quantitative estimate of drug-likeness (QED) is 0.684. The fourth-order valence-corrected chi connectivity index (χ4v) is 2.43. The molecule has 5 heteroatoms. The van der Waals surface area contributed by atoms with E-state index < -0.39 is 9.05 Å². The van der Waals surface area contributed by atoms with E-state index in [1.165, 1.54) is 0 Å². The second-order valence-electron chi connectivity index (χ2n) is 2.70. The summed E-state index contributed by atoms with van der Waals surface area (Å²) in [5, 5.41) is 0. The van der Waals surface area contributed by atoms with E-state index in [1.807, 2.05) is 0 Å². The maximum absolute atomic E-state index is 11.2. The molecule has 0 aliphatic carbocycles. The molecule has 0 atom stereocenters. The average Bonchev–Trinajstić information content (AvgIpc) is 1.53. The van der Waals surface area contributed by atoms with E-state index >= 15 is 0 Å². The van der Waals surface area contributed by atoms with Gasteiger partial charge in [0.25, 0.3) is 9.05 Å². The van der Waals surface area contributed by atoms with E-state index in [0.29, 0.717) is 0 Å². The van der Waals surface area contributed by atoms with Gasteiger partial charge in [-0.25, -0.2) is 0 Å². The summed E-state index contributed by atoms with van der Waals surface area (Å²) in [4.78, 5) is 0. The lowest BCUT2D eigenvalue weighted by molar-refractivity contribution is 0.178. The highest BCUT2D eigenvalue weighted by atomic mass is 32.9. The summed E-state index contributed by atoms with van der Waals surface area (Å²) in [6.07, 6.45) is -0.336. The van der Waals surface area contributed by atoms with Gasteiger partial charge in [-0.1, -0.05) is 0 Å². The third-order valence-electron chi connectivity index (χ3n) is 0.621. The van der Waals surface area contributed by atoms with Crippen LogP contribution in [0.4, 0.5) is 0 Å². The summed E-state index contributed by atoms with van der Waals surface area (Å²) in [5.74, 6) is 0. The van der Waals surface area contributed by atoms with Crippen molar-refractivity contribution in [2.75, 3.05) is 0 Å². The highest BCUT2D eigenvalue weighted by Crippen LogP contribution is 2.04. The molecule has 0 amide bonds. The van der Waals surface area contributed by atoms with Crippen molar-refractivity contribution in [3.05, 3.63) is 0 Å². The minimum Gasteiger partial charge on any atom is -0.267 e. The van der Waals surface area contributed by atoms with E-state index in [2.05, 4.69) is 11.2 Å². The van der Waals surface area contributed by atoms with Crippen LogP contribution in [-0.4, -0.2) is 16.4 Å². The molecule has 0 rings (SSSR count). The minimum absolute atomic E-state index is 0.168. The molecule has 68 valence electrons. The SMILES string of the molecule is CC(C)OS(=O)(=S)OC(C)C. The lowest BCUT2D eigenvalue weighted by atomic mass is 10.5. The number of hydrogen-bond donors (Lipinski definition) is 0. The van der Waals surface area contributed by atoms with E-state index in [-0.39, 0.29) is 12.2 Å². The Balaban J connectivity index is 4.03. The summed E-state index contributed by atoms with van der Waals surface area (Å²) in [6, 6.07) is 0. The monoisotopic (exact) mass is 198 g/mol. The zero-order valence-electron chi connectivity index (χ0n) is 7.20. The van der Waals surface area contributed by atoms with Crippen LogP contribution in [0.1, 0.15) is 27.7 Å². The Morgan fingerprint density at radius 2 is 1.36 bits per heavy atom. The van der Waals surface area contributed by atoms with Crippen molar-refractivity contribution in [3.8, 4) is 0 Å².